The van der Waals surface area contributed by atoms with Gasteiger partial charge in [-0.25, -0.2) is 0 Å². The van der Waals surface area contributed by atoms with Crippen molar-refractivity contribution in [3.8, 4) is 0 Å². The van der Waals surface area contributed by atoms with Crippen LogP contribution in [0.15, 0.2) is 0 Å². The predicted octanol–water partition coefficient (Wildman–Crippen LogP) is 0.384. The van der Waals surface area contributed by atoms with E-state index in [9.17, 15) is 0 Å². The molecule has 0 amide bonds. The zero-order valence-corrected chi connectivity index (χ0v) is 10.2. The molecular formula is C11H26N2O2. The van der Waals surface area contributed by atoms with Crippen molar-refractivity contribution < 1.29 is 10.2 Å². The molecule has 0 radical (unpaired) electrons. The van der Waals surface area contributed by atoms with Gasteiger partial charge in [-0.2, -0.15) is 0 Å². The van der Waals surface area contributed by atoms with Crippen LogP contribution in [0.5, 0.6) is 0 Å². The molecule has 4 N–H and O–H groups in total. The molecule has 1 unspecified atom stereocenters. The normalized spacial score (nSPS) is 14.6. The topological polar surface area (TPSA) is 69.7 Å². The van der Waals surface area contributed by atoms with Gasteiger partial charge < -0.3 is 15.9 Å². The van der Waals surface area contributed by atoms with Gasteiger partial charge in [-0.15, -0.1) is 0 Å². The van der Waals surface area contributed by atoms with Crippen molar-refractivity contribution in [2.75, 3.05) is 26.3 Å². The molecule has 0 aromatic carbocycles. The summed E-state index contributed by atoms with van der Waals surface area (Å²) in [5.41, 5.74) is 6.16. The standard InChI is InChI=1S/C11H26N2O2/c1-11(2,3)10(12)13(6-4-8-14)7-5-9-15/h10,14-15H,4-9,12H2,1-3H3. The molecule has 0 aliphatic carbocycles. The molecule has 0 saturated carbocycles. The Morgan fingerprint density at radius 2 is 1.47 bits per heavy atom. The minimum atomic E-state index is -0.0319. The lowest BCUT2D eigenvalue weighted by Crippen LogP contribution is -2.51. The second-order valence-electron chi connectivity index (χ2n) is 5.00. The highest BCUT2D eigenvalue weighted by atomic mass is 16.3. The van der Waals surface area contributed by atoms with Crippen LogP contribution in [0, 0.1) is 5.41 Å². The van der Waals surface area contributed by atoms with Crippen molar-refractivity contribution in [2.45, 2.75) is 39.8 Å². The van der Waals surface area contributed by atoms with Crippen LogP contribution < -0.4 is 5.73 Å². The minimum Gasteiger partial charge on any atom is -0.396 e. The molecule has 0 aliphatic heterocycles. The first-order valence-electron chi connectivity index (χ1n) is 5.65. The quantitative estimate of drug-likeness (QED) is 0.540. The Morgan fingerprint density at radius 3 is 1.73 bits per heavy atom. The highest BCUT2D eigenvalue weighted by Crippen LogP contribution is 2.20. The van der Waals surface area contributed by atoms with Crippen LogP contribution in [0.1, 0.15) is 33.6 Å². The predicted molar refractivity (Wildman–Crippen MR) is 62.4 cm³/mol. The van der Waals surface area contributed by atoms with E-state index in [4.69, 9.17) is 15.9 Å². The van der Waals surface area contributed by atoms with E-state index < -0.39 is 0 Å². The molecule has 0 aromatic heterocycles. The third-order valence-electron chi connectivity index (χ3n) is 2.49. The number of hydrogen-bond donors (Lipinski definition) is 3. The Bertz CT molecular complexity index is 149. The molecule has 1 atom stereocenters. The molecule has 0 aromatic rings. The average molecular weight is 218 g/mol. The van der Waals surface area contributed by atoms with Gasteiger partial charge in [0.2, 0.25) is 0 Å². The van der Waals surface area contributed by atoms with Crippen molar-refractivity contribution in [3.05, 3.63) is 0 Å². The first kappa shape index (κ1) is 14.8. The van der Waals surface area contributed by atoms with Gasteiger partial charge in [0, 0.05) is 26.3 Å². The second-order valence-corrected chi connectivity index (χ2v) is 5.00. The maximum atomic E-state index is 8.81. The first-order chi connectivity index (χ1) is 6.93. The molecule has 15 heavy (non-hydrogen) atoms. The summed E-state index contributed by atoms with van der Waals surface area (Å²) in [4.78, 5) is 2.13. The fourth-order valence-corrected chi connectivity index (χ4v) is 1.49. The fraction of sp³-hybridized carbons (Fsp3) is 1.00. The monoisotopic (exact) mass is 218 g/mol. The molecular weight excluding hydrogens is 192 g/mol. The molecule has 4 nitrogen and oxygen atoms in total. The van der Waals surface area contributed by atoms with Crippen molar-refractivity contribution in [3.63, 3.8) is 0 Å². The zero-order valence-electron chi connectivity index (χ0n) is 10.2. The van der Waals surface area contributed by atoms with Gasteiger partial charge in [0.05, 0.1) is 6.17 Å². The minimum absolute atomic E-state index is 0.0188. The summed E-state index contributed by atoms with van der Waals surface area (Å²) in [5, 5.41) is 17.6. The summed E-state index contributed by atoms with van der Waals surface area (Å²) in [5.74, 6) is 0. The van der Waals surface area contributed by atoms with E-state index in [1.165, 1.54) is 0 Å². The van der Waals surface area contributed by atoms with E-state index in [1.807, 2.05) is 0 Å². The van der Waals surface area contributed by atoms with E-state index in [-0.39, 0.29) is 24.8 Å². The van der Waals surface area contributed by atoms with Gasteiger partial charge in [-0.1, -0.05) is 20.8 Å². The highest BCUT2D eigenvalue weighted by molar-refractivity contribution is 4.78. The van der Waals surface area contributed by atoms with Crippen molar-refractivity contribution in [2.24, 2.45) is 11.1 Å². The fourth-order valence-electron chi connectivity index (χ4n) is 1.49. The van der Waals surface area contributed by atoms with Crippen LogP contribution in [-0.4, -0.2) is 47.6 Å². The summed E-state index contributed by atoms with van der Waals surface area (Å²) in [7, 11) is 0. The Morgan fingerprint density at radius 1 is 1.07 bits per heavy atom. The lowest BCUT2D eigenvalue weighted by molar-refractivity contribution is 0.0880. The lowest BCUT2D eigenvalue weighted by Gasteiger charge is -2.37. The SMILES string of the molecule is CC(C)(C)C(N)N(CCCO)CCCO. The van der Waals surface area contributed by atoms with Crippen molar-refractivity contribution >= 4 is 0 Å². The molecule has 92 valence electrons. The molecule has 0 spiro atoms. The lowest BCUT2D eigenvalue weighted by atomic mass is 9.91. The van der Waals surface area contributed by atoms with Crippen LogP contribution in [-0.2, 0) is 0 Å². The third-order valence-corrected chi connectivity index (χ3v) is 2.49. The molecule has 0 rings (SSSR count). The first-order valence-corrected chi connectivity index (χ1v) is 5.65. The van der Waals surface area contributed by atoms with E-state index in [0.29, 0.717) is 0 Å². The van der Waals surface area contributed by atoms with Gasteiger partial charge in [-0.3, -0.25) is 4.90 Å². The van der Waals surface area contributed by atoms with E-state index in [1.54, 1.807) is 0 Å². The average Bonchev–Trinajstić information content (AvgIpc) is 2.16. The summed E-state index contributed by atoms with van der Waals surface area (Å²) in [6.07, 6.45) is 1.43. The Hall–Kier alpha value is -0.160. The summed E-state index contributed by atoms with van der Waals surface area (Å²) < 4.78 is 0. The van der Waals surface area contributed by atoms with Crippen molar-refractivity contribution in [1.82, 2.24) is 4.90 Å². The van der Waals surface area contributed by atoms with Gasteiger partial charge in [-0.05, 0) is 18.3 Å². The zero-order chi connectivity index (χ0) is 11.9. The molecule has 4 heteroatoms. The molecule has 0 bridgehead atoms. The van der Waals surface area contributed by atoms with Crippen LogP contribution >= 0.6 is 0 Å². The largest absolute Gasteiger partial charge is 0.396 e. The summed E-state index contributed by atoms with van der Waals surface area (Å²) >= 11 is 0. The van der Waals surface area contributed by atoms with E-state index in [0.717, 1.165) is 25.9 Å². The van der Waals surface area contributed by atoms with Crippen LogP contribution in [0.25, 0.3) is 0 Å². The van der Waals surface area contributed by atoms with Gasteiger partial charge >= 0.3 is 0 Å². The molecule has 0 fully saturated rings. The van der Waals surface area contributed by atoms with Gasteiger partial charge in [0.1, 0.15) is 0 Å². The smallest absolute Gasteiger partial charge is 0.0621 e. The number of hydrogen-bond acceptors (Lipinski definition) is 4. The molecule has 0 heterocycles. The van der Waals surface area contributed by atoms with Crippen LogP contribution in [0.3, 0.4) is 0 Å². The van der Waals surface area contributed by atoms with E-state index in [2.05, 4.69) is 25.7 Å². The van der Waals surface area contributed by atoms with Gasteiger partial charge in [0.25, 0.3) is 0 Å². The van der Waals surface area contributed by atoms with E-state index >= 15 is 0 Å². The number of nitrogens with two attached hydrogens (primary N) is 1. The Balaban J connectivity index is 4.20. The third kappa shape index (κ3) is 6.10. The number of aliphatic hydroxyl groups excluding tert-OH is 2. The Kier molecular flexibility index (Phi) is 7.09. The van der Waals surface area contributed by atoms with Crippen LogP contribution in [0.4, 0.5) is 0 Å². The summed E-state index contributed by atoms with van der Waals surface area (Å²) in [6.45, 7) is 8.25. The maximum Gasteiger partial charge on any atom is 0.0621 e. The number of rotatable bonds is 7. The number of aliphatic hydroxyl groups is 2. The summed E-state index contributed by atoms with van der Waals surface area (Å²) in [6, 6.07) is 0. The maximum absolute atomic E-state index is 8.81. The van der Waals surface area contributed by atoms with Crippen molar-refractivity contribution in [1.29, 1.82) is 0 Å². The highest BCUT2D eigenvalue weighted by Gasteiger charge is 2.25. The Labute approximate surface area is 93.1 Å². The molecule has 0 saturated heterocycles. The second kappa shape index (κ2) is 7.17. The van der Waals surface area contributed by atoms with Crippen LogP contribution in [0.2, 0.25) is 0 Å². The number of nitrogens with zero attached hydrogens (tertiary/aromatic N) is 1. The van der Waals surface area contributed by atoms with Gasteiger partial charge in [0.15, 0.2) is 0 Å². The molecule has 0 aliphatic rings.